The van der Waals surface area contributed by atoms with E-state index < -0.39 is 0 Å². The molecule has 18 heavy (non-hydrogen) atoms. The zero-order valence-electron chi connectivity index (χ0n) is 10.8. The van der Waals surface area contributed by atoms with E-state index in [-0.39, 0.29) is 0 Å². The van der Waals surface area contributed by atoms with Crippen LogP contribution in [0.4, 0.5) is 0 Å². The van der Waals surface area contributed by atoms with Gasteiger partial charge >= 0.3 is 0 Å². The van der Waals surface area contributed by atoms with Crippen molar-refractivity contribution < 1.29 is 0 Å². The molecule has 0 saturated heterocycles. The molecule has 0 radical (unpaired) electrons. The lowest BCUT2D eigenvalue weighted by molar-refractivity contribution is 0.671. The lowest BCUT2D eigenvalue weighted by Crippen LogP contribution is -2.01. The molecule has 0 spiro atoms. The molecule has 0 unspecified atom stereocenters. The molecule has 0 aliphatic heterocycles. The molecule has 0 atom stereocenters. The third-order valence-corrected chi connectivity index (χ3v) is 4.06. The predicted molar refractivity (Wildman–Crippen MR) is 74.7 cm³/mol. The molecule has 1 aromatic heterocycles. The van der Waals surface area contributed by atoms with Crippen molar-refractivity contribution in [2.45, 2.75) is 39.5 Å². The van der Waals surface area contributed by atoms with E-state index in [0.29, 0.717) is 0 Å². The van der Waals surface area contributed by atoms with Gasteiger partial charge in [0.15, 0.2) is 0 Å². The summed E-state index contributed by atoms with van der Waals surface area (Å²) >= 11 is 6.49. The Balaban J connectivity index is 2.14. The predicted octanol–water partition coefficient (Wildman–Crippen LogP) is 4.02. The van der Waals surface area contributed by atoms with Gasteiger partial charge in [0, 0.05) is 5.56 Å². The first kappa shape index (κ1) is 11.8. The number of hydrogen-bond acceptors (Lipinski definition) is 1. The van der Waals surface area contributed by atoms with Crippen molar-refractivity contribution in [2.75, 3.05) is 0 Å². The largest absolute Gasteiger partial charge is 0.221 e. The van der Waals surface area contributed by atoms with Gasteiger partial charge in [-0.2, -0.15) is 5.10 Å². The topological polar surface area (TPSA) is 17.8 Å². The van der Waals surface area contributed by atoms with E-state index in [1.54, 1.807) is 0 Å². The van der Waals surface area contributed by atoms with E-state index in [2.05, 4.69) is 32.0 Å². The highest BCUT2D eigenvalue weighted by Crippen LogP contribution is 2.30. The van der Waals surface area contributed by atoms with Crippen molar-refractivity contribution in [3.63, 3.8) is 0 Å². The molecular weight excluding hydrogens is 244 g/mol. The van der Waals surface area contributed by atoms with E-state index in [1.807, 2.05) is 4.68 Å². The van der Waals surface area contributed by atoms with Crippen LogP contribution in [0.2, 0.25) is 5.15 Å². The quantitative estimate of drug-likeness (QED) is 0.757. The second-order valence-electron chi connectivity index (χ2n) is 5.12. The molecule has 0 amide bonds. The van der Waals surface area contributed by atoms with Crippen LogP contribution in [0, 0.1) is 13.8 Å². The van der Waals surface area contributed by atoms with Crippen LogP contribution in [-0.2, 0) is 12.8 Å². The van der Waals surface area contributed by atoms with Crippen LogP contribution in [0.3, 0.4) is 0 Å². The van der Waals surface area contributed by atoms with Crippen molar-refractivity contribution in [3.05, 3.63) is 45.7 Å². The smallest absolute Gasteiger partial charge is 0.136 e. The number of fused-ring (bicyclic) bond motifs is 1. The van der Waals surface area contributed by atoms with E-state index in [4.69, 9.17) is 16.7 Å². The van der Waals surface area contributed by atoms with Gasteiger partial charge in [-0.05, 0) is 51.2 Å². The Labute approximate surface area is 113 Å². The number of nitrogens with zero attached hydrogens (tertiary/aromatic N) is 2. The van der Waals surface area contributed by atoms with Gasteiger partial charge in [0.2, 0.25) is 0 Å². The molecule has 0 fully saturated rings. The average Bonchev–Trinajstić information content (AvgIpc) is 2.68. The molecule has 0 bridgehead atoms. The zero-order chi connectivity index (χ0) is 12.7. The average molecular weight is 261 g/mol. The Bertz CT molecular complexity index is 599. The summed E-state index contributed by atoms with van der Waals surface area (Å²) < 4.78 is 1.91. The highest BCUT2D eigenvalue weighted by atomic mass is 35.5. The van der Waals surface area contributed by atoms with E-state index >= 15 is 0 Å². The fraction of sp³-hybridized carbons (Fsp3) is 0.400. The Kier molecular flexibility index (Phi) is 2.90. The minimum Gasteiger partial charge on any atom is -0.221 e. The molecule has 3 rings (SSSR count). The lowest BCUT2D eigenvalue weighted by atomic mass is 9.98. The van der Waals surface area contributed by atoms with Gasteiger partial charge in [-0.25, -0.2) is 4.68 Å². The minimum absolute atomic E-state index is 0.802. The maximum Gasteiger partial charge on any atom is 0.136 e. The molecule has 2 aromatic rings. The van der Waals surface area contributed by atoms with Gasteiger partial charge in [0.1, 0.15) is 5.15 Å². The van der Waals surface area contributed by atoms with Gasteiger partial charge in [-0.1, -0.05) is 29.3 Å². The van der Waals surface area contributed by atoms with Crippen molar-refractivity contribution in [2.24, 2.45) is 0 Å². The molecule has 1 aromatic carbocycles. The Hall–Kier alpha value is -1.28. The number of aryl methyl sites for hydroxylation is 3. The zero-order valence-corrected chi connectivity index (χ0v) is 11.6. The fourth-order valence-corrected chi connectivity index (χ4v) is 3.05. The molecule has 3 heteroatoms. The molecule has 0 saturated carbocycles. The van der Waals surface area contributed by atoms with Gasteiger partial charge in [-0.3, -0.25) is 0 Å². The summed E-state index contributed by atoms with van der Waals surface area (Å²) in [7, 11) is 0. The number of aromatic nitrogens is 2. The Morgan fingerprint density at radius 2 is 1.94 bits per heavy atom. The molecule has 2 nitrogen and oxygen atoms in total. The lowest BCUT2D eigenvalue weighted by Gasteiger charge is -2.08. The van der Waals surface area contributed by atoms with Crippen LogP contribution < -0.4 is 0 Å². The van der Waals surface area contributed by atoms with Gasteiger partial charge < -0.3 is 0 Å². The normalized spacial score (nSPS) is 14.6. The summed E-state index contributed by atoms with van der Waals surface area (Å²) in [6.07, 6.45) is 4.59. The summed E-state index contributed by atoms with van der Waals surface area (Å²) in [5, 5.41) is 5.50. The highest BCUT2D eigenvalue weighted by Gasteiger charge is 2.20. The van der Waals surface area contributed by atoms with Crippen molar-refractivity contribution >= 4 is 11.6 Å². The Morgan fingerprint density at radius 3 is 2.67 bits per heavy atom. The number of halogens is 1. The molecular formula is C15H17ClN2. The first-order valence-electron chi connectivity index (χ1n) is 6.50. The summed E-state index contributed by atoms with van der Waals surface area (Å²) in [5.41, 5.74) is 6.02. The third kappa shape index (κ3) is 1.85. The fourth-order valence-electron chi connectivity index (χ4n) is 2.72. The molecule has 94 valence electrons. The second kappa shape index (κ2) is 4.43. The molecule has 1 aliphatic rings. The van der Waals surface area contributed by atoms with E-state index in [0.717, 1.165) is 23.7 Å². The number of benzene rings is 1. The van der Waals surface area contributed by atoms with Crippen molar-refractivity contribution in [3.8, 4) is 5.69 Å². The summed E-state index contributed by atoms with van der Waals surface area (Å²) in [6.45, 7) is 4.21. The van der Waals surface area contributed by atoms with Crippen molar-refractivity contribution in [1.82, 2.24) is 9.78 Å². The second-order valence-corrected chi connectivity index (χ2v) is 5.48. The first-order valence-corrected chi connectivity index (χ1v) is 6.88. The van der Waals surface area contributed by atoms with Crippen LogP contribution in [0.5, 0.6) is 0 Å². The first-order chi connectivity index (χ1) is 8.66. The highest BCUT2D eigenvalue weighted by molar-refractivity contribution is 6.30. The van der Waals surface area contributed by atoms with Gasteiger partial charge in [-0.15, -0.1) is 0 Å². The van der Waals surface area contributed by atoms with Crippen LogP contribution in [-0.4, -0.2) is 9.78 Å². The van der Waals surface area contributed by atoms with E-state index in [9.17, 15) is 0 Å². The van der Waals surface area contributed by atoms with Crippen molar-refractivity contribution in [1.29, 1.82) is 0 Å². The third-order valence-electron chi connectivity index (χ3n) is 3.67. The summed E-state index contributed by atoms with van der Waals surface area (Å²) in [4.78, 5) is 0. The SMILES string of the molecule is Cc1ccc(-n2nc3c(c2Cl)CCCC3)c(C)c1. The molecule has 1 aliphatic carbocycles. The maximum atomic E-state index is 6.49. The Morgan fingerprint density at radius 1 is 1.17 bits per heavy atom. The number of rotatable bonds is 1. The van der Waals surface area contributed by atoms with Crippen LogP contribution in [0.25, 0.3) is 5.69 Å². The monoisotopic (exact) mass is 260 g/mol. The van der Waals surface area contributed by atoms with Crippen LogP contribution in [0.15, 0.2) is 18.2 Å². The van der Waals surface area contributed by atoms with Crippen LogP contribution in [0.1, 0.15) is 35.2 Å². The standard InChI is InChI=1S/C15H17ClN2/c1-10-7-8-14(11(2)9-10)18-15(16)12-5-3-4-6-13(12)17-18/h7-9H,3-6H2,1-2H3. The summed E-state index contributed by atoms with van der Waals surface area (Å²) in [6, 6.07) is 6.39. The number of hydrogen-bond donors (Lipinski definition) is 0. The van der Waals surface area contributed by atoms with E-state index in [1.165, 1.54) is 35.2 Å². The molecule has 1 heterocycles. The minimum atomic E-state index is 0.802. The molecule has 0 N–H and O–H groups in total. The van der Waals surface area contributed by atoms with Gasteiger partial charge in [0.05, 0.1) is 11.4 Å². The summed E-state index contributed by atoms with van der Waals surface area (Å²) in [5.74, 6) is 0. The van der Waals surface area contributed by atoms with Gasteiger partial charge in [0.25, 0.3) is 0 Å². The maximum absolute atomic E-state index is 6.49. The van der Waals surface area contributed by atoms with Crippen LogP contribution >= 0.6 is 11.6 Å².